The zero-order chi connectivity index (χ0) is 7.40. The van der Waals surface area contributed by atoms with Gasteiger partial charge in [0.15, 0.2) is 0 Å². The molecule has 1 saturated carbocycles. The third kappa shape index (κ3) is 2.34. The molecule has 1 aliphatic rings. The first-order valence-corrected chi connectivity index (χ1v) is 4.02. The molecule has 56 valence electrons. The van der Waals surface area contributed by atoms with E-state index in [1.807, 2.05) is 0 Å². The normalized spacial score (nSPS) is 19.1. The van der Waals surface area contributed by atoms with Gasteiger partial charge < -0.3 is 0 Å². The topological polar surface area (TPSA) is 17.1 Å². The average molecular weight is 138 g/mol. The molecule has 0 aromatic rings. The van der Waals surface area contributed by atoms with Gasteiger partial charge in [-0.2, -0.15) is 0 Å². The van der Waals surface area contributed by atoms with Crippen molar-refractivity contribution in [1.29, 1.82) is 0 Å². The van der Waals surface area contributed by atoms with Crippen molar-refractivity contribution in [3.63, 3.8) is 0 Å². The average Bonchev–Trinajstić information content (AvgIpc) is 2.71. The summed E-state index contributed by atoms with van der Waals surface area (Å²) in [6.45, 7) is 2.10. The van der Waals surface area contributed by atoms with E-state index in [1.165, 1.54) is 12.8 Å². The summed E-state index contributed by atoms with van der Waals surface area (Å²) < 4.78 is 0. The van der Waals surface area contributed by atoms with Crippen molar-refractivity contribution in [2.75, 3.05) is 0 Å². The molecule has 0 bridgehead atoms. The Labute approximate surface area is 62.1 Å². The zero-order valence-electron chi connectivity index (χ0n) is 6.47. The van der Waals surface area contributed by atoms with E-state index < -0.39 is 0 Å². The van der Waals surface area contributed by atoms with Gasteiger partial charge in [0.25, 0.3) is 0 Å². The Morgan fingerprint density at radius 3 is 2.70 bits per heavy atom. The third-order valence-electron chi connectivity index (χ3n) is 1.76. The van der Waals surface area contributed by atoms with E-state index in [9.17, 15) is 4.79 Å². The van der Waals surface area contributed by atoms with Gasteiger partial charge in [0.05, 0.1) is 0 Å². The largest absolute Gasteiger partial charge is 0.298 e. The predicted octanol–water partition coefficient (Wildman–Crippen LogP) is 2.32. The van der Waals surface area contributed by atoms with Crippen molar-refractivity contribution in [3.05, 3.63) is 11.6 Å². The Kier molecular flexibility index (Phi) is 2.67. The summed E-state index contributed by atoms with van der Waals surface area (Å²) in [5, 5.41) is 0. The maximum absolute atomic E-state index is 10.4. The van der Waals surface area contributed by atoms with E-state index in [2.05, 4.69) is 13.0 Å². The number of hydrogen-bond acceptors (Lipinski definition) is 1. The molecule has 1 fully saturated rings. The Bertz CT molecular complexity index is 143. The summed E-state index contributed by atoms with van der Waals surface area (Å²) in [6, 6.07) is 0. The lowest BCUT2D eigenvalue weighted by atomic mass is 10.1. The molecule has 1 heteroatoms. The molecule has 0 aromatic heterocycles. The van der Waals surface area contributed by atoms with E-state index in [1.54, 1.807) is 0 Å². The number of allylic oxidation sites excluding steroid dienone is 2. The lowest BCUT2D eigenvalue weighted by Gasteiger charge is -1.93. The van der Waals surface area contributed by atoms with Crippen LogP contribution in [-0.2, 0) is 4.79 Å². The number of carbonyl (C=O) groups excluding carboxylic acids is 1. The van der Waals surface area contributed by atoms with Gasteiger partial charge >= 0.3 is 0 Å². The van der Waals surface area contributed by atoms with E-state index in [0.29, 0.717) is 0 Å². The van der Waals surface area contributed by atoms with Crippen LogP contribution >= 0.6 is 0 Å². The fraction of sp³-hybridized carbons (Fsp3) is 0.667. The van der Waals surface area contributed by atoms with Crippen LogP contribution in [0, 0.1) is 5.92 Å². The van der Waals surface area contributed by atoms with E-state index in [4.69, 9.17) is 0 Å². The Morgan fingerprint density at radius 1 is 1.60 bits per heavy atom. The minimum absolute atomic E-state index is 0.742. The van der Waals surface area contributed by atoms with Gasteiger partial charge in [-0.1, -0.05) is 19.4 Å². The molecule has 0 atom stereocenters. The Morgan fingerprint density at radius 2 is 2.30 bits per heavy atom. The molecule has 0 radical (unpaired) electrons. The maximum atomic E-state index is 10.4. The van der Waals surface area contributed by atoms with Gasteiger partial charge in [-0.05, 0) is 30.8 Å². The second-order valence-corrected chi connectivity index (χ2v) is 2.95. The maximum Gasteiger partial charge on any atom is 0.145 e. The standard InChI is InChI=1S/C9H14O/c1-2-3-9(7-10)6-8-4-5-8/h6-8H,2-5H2,1H3/b9-6+. The van der Waals surface area contributed by atoms with Crippen molar-refractivity contribution in [1.82, 2.24) is 0 Å². The summed E-state index contributed by atoms with van der Waals surface area (Å²) in [5.41, 5.74) is 1.00. The Hall–Kier alpha value is -0.590. The van der Waals surface area contributed by atoms with E-state index >= 15 is 0 Å². The van der Waals surface area contributed by atoms with Crippen LogP contribution in [0.2, 0.25) is 0 Å². The van der Waals surface area contributed by atoms with Crippen LogP contribution in [-0.4, -0.2) is 6.29 Å². The van der Waals surface area contributed by atoms with E-state index in [0.717, 1.165) is 30.6 Å². The van der Waals surface area contributed by atoms with Crippen LogP contribution in [0.15, 0.2) is 11.6 Å². The van der Waals surface area contributed by atoms with Gasteiger partial charge in [0, 0.05) is 0 Å². The summed E-state index contributed by atoms with van der Waals surface area (Å²) in [4.78, 5) is 10.4. The smallest absolute Gasteiger partial charge is 0.145 e. The van der Waals surface area contributed by atoms with Crippen molar-refractivity contribution in [3.8, 4) is 0 Å². The van der Waals surface area contributed by atoms with Crippen LogP contribution in [0.4, 0.5) is 0 Å². The predicted molar refractivity (Wildman–Crippen MR) is 41.8 cm³/mol. The van der Waals surface area contributed by atoms with Crippen LogP contribution in [0.25, 0.3) is 0 Å². The van der Waals surface area contributed by atoms with Gasteiger partial charge in [-0.3, -0.25) is 4.79 Å². The molecule has 0 heterocycles. The molecule has 0 spiro atoms. The lowest BCUT2D eigenvalue weighted by molar-refractivity contribution is -0.105. The molecule has 10 heavy (non-hydrogen) atoms. The first-order valence-electron chi connectivity index (χ1n) is 4.02. The summed E-state index contributed by atoms with van der Waals surface area (Å²) in [6.07, 6.45) is 7.76. The van der Waals surface area contributed by atoms with Crippen molar-refractivity contribution in [2.24, 2.45) is 5.92 Å². The van der Waals surface area contributed by atoms with Crippen LogP contribution in [0.1, 0.15) is 32.6 Å². The first kappa shape index (κ1) is 7.52. The number of hydrogen-bond donors (Lipinski definition) is 0. The quantitative estimate of drug-likeness (QED) is 0.430. The third-order valence-corrected chi connectivity index (χ3v) is 1.76. The molecule has 1 aliphatic carbocycles. The minimum Gasteiger partial charge on any atom is -0.298 e. The van der Waals surface area contributed by atoms with Gasteiger partial charge in [-0.25, -0.2) is 0 Å². The minimum atomic E-state index is 0.742. The molecule has 0 N–H and O–H groups in total. The van der Waals surface area contributed by atoms with Gasteiger partial charge in [0.1, 0.15) is 6.29 Å². The lowest BCUT2D eigenvalue weighted by Crippen LogP contribution is -1.84. The summed E-state index contributed by atoms with van der Waals surface area (Å²) in [5.74, 6) is 0.742. The fourth-order valence-corrected chi connectivity index (χ4v) is 1.04. The summed E-state index contributed by atoms with van der Waals surface area (Å²) >= 11 is 0. The van der Waals surface area contributed by atoms with Crippen LogP contribution in [0.5, 0.6) is 0 Å². The van der Waals surface area contributed by atoms with Crippen molar-refractivity contribution in [2.45, 2.75) is 32.6 Å². The highest BCUT2D eigenvalue weighted by Crippen LogP contribution is 2.31. The van der Waals surface area contributed by atoms with Crippen molar-refractivity contribution < 1.29 is 4.79 Å². The Balaban J connectivity index is 2.36. The molecule has 1 rings (SSSR count). The highest BCUT2D eigenvalue weighted by atomic mass is 16.1. The number of rotatable bonds is 4. The van der Waals surface area contributed by atoms with E-state index in [-0.39, 0.29) is 0 Å². The van der Waals surface area contributed by atoms with Gasteiger partial charge in [0.2, 0.25) is 0 Å². The fourth-order valence-electron chi connectivity index (χ4n) is 1.04. The molecular formula is C9H14O. The first-order chi connectivity index (χ1) is 4.86. The molecule has 0 amide bonds. The number of carbonyl (C=O) groups is 1. The second kappa shape index (κ2) is 3.55. The molecular weight excluding hydrogens is 124 g/mol. The van der Waals surface area contributed by atoms with Gasteiger partial charge in [-0.15, -0.1) is 0 Å². The van der Waals surface area contributed by atoms with Crippen LogP contribution < -0.4 is 0 Å². The molecule has 1 nitrogen and oxygen atoms in total. The second-order valence-electron chi connectivity index (χ2n) is 2.95. The monoisotopic (exact) mass is 138 g/mol. The highest BCUT2D eigenvalue weighted by molar-refractivity contribution is 5.73. The number of aldehydes is 1. The van der Waals surface area contributed by atoms with Crippen LogP contribution in [0.3, 0.4) is 0 Å². The molecule has 0 aromatic carbocycles. The summed E-state index contributed by atoms with van der Waals surface area (Å²) in [7, 11) is 0. The van der Waals surface area contributed by atoms with Crippen molar-refractivity contribution >= 4 is 6.29 Å². The molecule has 0 unspecified atom stereocenters. The molecule has 0 saturated heterocycles. The zero-order valence-corrected chi connectivity index (χ0v) is 6.47. The molecule has 0 aliphatic heterocycles. The highest BCUT2D eigenvalue weighted by Gasteiger charge is 2.18. The SMILES string of the molecule is CCC/C(C=O)=C\C1CC1.